The molecule has 1 unspecified atom stereocenters. The van der Waals surface area contributed by atoms with Gasteiger partial charge in [-0.25, -0.2) is 0 Å². The molecule has 1 aliphatic carbocycles. The maximum atomic E-state index is 6.02. The summed E-state index contributed by atoms with van der Waals surface area (Å²) in [4.78, 5) is 0. The Balaban J connectivity index is 0.00000144. The lowest BCUT2D eigenvalue weighted by molar-refractivity contribution is 0.407. The number of benzene rings is 1. The fourth-order valence-corrected chi connectivity index (χ4v) is 2.43. The number of rotatable bonds is 4. The van der Waals surface area contributed by atoms with Crippen LogP contribution < -0.4 is 10.5 Å². The first kappa shape index (κ1) is 14.3. The van der Waals surface area contributed by atoms with E-state index < -0.39 is 0 Å². The number of hydrogen-bond acceptors (Lipinski definition) is 2. The lowest BCUT2D eigenvalue weighted by atomic mass is 9.99. The van der Waals surface area contributed by atoms with Crippen LogP contribution in [0.25, 0.3) is 0 Å². The Hall–Kier alpha value is -0.730. The van der Waals surface area contributed by atoms with Crippen LogP contribution >= 0.6 is 12.4 Å². The molecule has 0 radical (unpaired) electrons. The Kier molecular flexibility index (Phi) is 5.29. The van der Waals surface area contributed by atoms with Gasteiger partial charge in [0.05, 0.1) is 7.11 Å². The van der Waals surface area contributed by atoms with Crippen molar-refractivity contribution in [2.75, 3.05) is 7.11 Å². The molecule has 0 heterocycles. The molecule has 0 saturated carbocycles. The number of ether oxygens (including phenoxy) is 1. The minimum absolute atomic E-state index is 0. The Bertz CT molecular complexity index is 379. The topological polar surface area (TPSA) is 35.2 Å². The van der Waals surface area contributed by atoms with Crippen LogP contribution in [0.2, 0.25) is 0 Å². The smallest absolute Gasteiger partial charge is 0.122 e. The maximum Gasteiger partial charge on any atom is 0.122 e. The Morgan fingerprint density at radius 3 is 2.53 bits per heavy atom. The highest BCUT2D eigenvalue weighted by molar-refractivity contribution is 5.85. The van der Waals surface area contributed by atoms with Gasteiger partial charge in [-0.3, -0.25) is 0 Å². The van der Waals surface area contributed by atoms with E-state index in [0.29, 0.717) is 0 Å². The van der Waals surface area contributed by atoms with Crippen molar-refractivity contribution in [2.45, 2.75) is 45.1 Å². The summed E-state index contributed by atoms with van der Waals surface area (Å²) in [6.07, 6.45) is 5.63. The molecule has 96 valence electrons. The molecule has 1 atom stereocenters. The van der Waals surface area contributed by atoms with Crippen LogP contribution in [-0.2, 0) is 19.3 Å². The molecule has 1 aromatic rings. The van der Waals surface area contributed by atoms with E-state index in [4.69, 9.17) is 10.5 Å². The molecule has 2 N–H and O–H groups in total. The fourth-order valence-electron chi connectivity index (χ4n) is 2.43. The van der Waals surface area contributed by atoms with E-state index in [1.165, 1.54) is 36.0 Å². The molecule has 0 amide bonds. The van der Waals surface area contributed by atoms with Crippen LogP contribution in [0.1, 0.15) is 36.5 Å². The highest BCUT2D eigenvalue weighted by atomic mass is 35.5. The van der Waals surface area contributed by atoms with Gasteiger partial charge in [0.15, 0.2) is 0 Å². The van der Waals surface area contributed by atoms with Gasteiger partial charge in [-0.2, -0.15) is 0 Å². The zero-order valence-corrected chi connectivity index (χ0v) is 11.5. The SMILES string of the molecule is CCC(N)Cc1cc2c(cc1OC)CCC2.Cl. The number of halogens is 1. The van der Waals surface area contributed by atoms with Gasteiger partial charge >= 0.3 is 0 Å². The molecule has 0 bridgehead atoms. The van der Waals surface area contributed by atoms with Crippen molar-refractivity contribution in [3.05, 3.63) is 28.8 Å². The fraction of sp³-hybridized carbons (Fsp3) is 0.571. The normalized spacial score (nSPS) is 15.0. The molecule has 3 heteroatoms. The second-order valence-electron chi connectivity index (χ2n) is 4.66. The van der Waals surface area contributed by atoms with E-state index in [9.17, 15) is 0 Å². The lowest BCUT2D eigenvalue weighted by Crippen LogP contribution is -2.21. The first-order valence-corrected chi connectivity index (χ1v) is 6.18. The molecule has 0 aliphatic heterocycles. The van der Waals surface area contributed by atoms with E-state index in [0.717, 1.165) is 18.6 Å². The first-order chi connectivity index (χ1) is 7.74. The van der Waals surface area contributed by atoms with Crippen molar-refractivity contribution < 1.29 is 4.74 Å². The van der Waals surface area contributed by atoms with Crippen molar-refractivity contribution in [1.82, 2.24) is 0 Å². The number of nitrogens with two attached hydrogens (primary N) is 1. The van der Waals surface area contributed by atoms with E-state index >= 15 is 0 Å². The molecule has 0 spiro atoms. The first-order valence-electron chi connectivity index (χ1n) is 6.18. The highest BCUT2D eigenvalue weighted by Gasteiger charge is 2.16. The van der Waals surface area contributed by atoms with Gasteiger partial charge in [0.2, 0.25) is 0 Å². The van der Waals surface area contributed by atoms with Gasteiger partial charge in [0.25, 0.3) is 0 Å². The number of hydrogen-bond donors (Lipinski definition) is 1. The van der Waals surface area contributed by atoms with Crippen LogP contribution in [0.4, 0.5) is 0 Å². The van der Waals surface area contributed by atoms with Crippen LogP contribution in [0.3, 0.4) is 0 Å². The Morgan fingerprint density at radius 2 is 1.94 bits per heavy atom. The van der Waals surface area contributed by atoms with Crippen LogP contribution in [0, 0.1) is 0 Å². The predicted octanol–water partition coefficient (Wildman–Crippen LogP) is 2.89. The van der Waals surface area contributed by atoms with E-state index in [1.807, 2.05) is 0 Å². The summed E-state index contributed by atoms with van der Waals surface area (Å²) in [5.41, 5.74) is 10.3. The summed E-state index contributed by atoms with van der Waals surface area (Å²) in [7, 11) is 1.75. The van der Waals surface area contributed by atoms with E-state index in [1.54, 1.807) is 7.11 Å². The van der Waals surface area contributed by atoms with Gasteiger partial charge in [-0.05, 0) is 54.9 Å². The third-order valence-corrected chi connectivity index (χ3v) is 3.50. The number of fused-ring (bicyclic) bond motifs is 1. The van der Waals surface area contributed by atoms with Gasteiger partial charge in [0, 0.05) is 6.04 Å². The molecule has 17 heavy (non-hydrogen) atoms. The van der Waals surface area contributed by atoms with Gasteiger partial charge in [0.1, 0.15) is 5.75 Å². The van der Waals surface area contributed by atoms with Crippen LogP contribution in [0.15, 0.2) is 12.1 Å². The van der Waals surface area contributed by atoms with Crippen LogP contribution in [-0.4, -0.2) is 13.2 Å². The molecular formula is C14H22ClNO. The summed E-state index contributed by atoms with van der Waals surface area (Å²) in [5, 5.41) is 0. The molecular weight excluding hydrogens is 234 g/mol. The average Bonchev–Trinajstić information content (AvgIpc) is 2.74. The van der Waals surface area contributed by atoms with Gasteiger partial charge in [-0.15, -0.1) is 12.4 Å². The standard InChI is InChI=1S/C14H21NO.ClH/c1-3-13(15)8-12-7-10-5-4-6-11(10)9-14(12)16-2;/h7,9,13H,3-6,8,15H2,1-2H3;1H. The van der Waals surface area contributed by atoms with E-state index in [2.05, 4.69) is 19.1 Å². The average molecular weight is 256 g/mol. The lowest BCUT2D eigenvalue weighted by Gasteiger charge is -2.14. The largest absolute Gasteiger partial charge is 0.496 e. The third kappa shape index (κ3) is 3.14. The van der Waals surface area contributed by atoms with Crippen molar-refractivity contribution in [3.8, 4) is 5.75 Å². The third-order valence-electron chi connectivity index (χ3n) is 3.50. The minimum atomic E-state index is 0. The molecule has 0 aromatic heterocycles. The zero-order valence-electron chi connectivity index (χ0n) is 10.7. The van der Waals surface area contributed by atoms with Gasteiger partial charge < -0.3 is 10.5 Å². The van der Waals surface area contributed by atoms with Gasteiger partial charge in [-0.1, -0.05) is 13.0 Å². The summed E-state index contributed by atoms with van der Waals surface area (Å²) in [6.45, 7) is 2.13. The summed E-state index contributed by atoms with van der Waals surface area (Å²) >= 11 is 0. The molecule has 2 rings (SSSR count). The summed E-state index contributed by atoms with van der Waals surface area (Å²) < 4.78 is 5.46. The second-order valence-corrected chi connectivity index (χ2v) is 4.66. The quantitative estimate of drug-likeness (QED) is 0.898. The molecule has 0 saturated heterocycles. The van der Waals surface area contributed by atoms with Crippen LogP contribution in [0.5, 0.6) is 5.75 Å². The molecule has 0 fully saturated rings. The zero-order chi connectivity index (χ0) is 11.5. The number of aryl methyl sites for hydroxylation is 2. The van der Waals surface area contributed by atoms with Crippen molar-refractivity contribution in [2.24, 2.45) is 5.73 Å². The predicted molar refractivity (Wildman–Crippen MR) is 74.2 cm³/mol. The maximum absolute atomic E-state index is 6.02. The second kappa shape index (κ2) is 6.27. The summed E-state index contributed by atoms with van der Waals surface area (Å²) in [5.74, 6) is 1.02. The monoisotopic (exact) mass is 255 g/mol. The van der Waals surface area contributed by atoms with Crippen molar-refractivity contribution in [3.63, 3.8) is 0 Å². The van der Waals surface area contributed by atoms with Crippen molar-refractivity contribution >= 4 is 12.4 Å². The molecule has 1 aliphatic rings. The Labute approximate surface area is 110 Å². The minimum Gasteiger partial charge on any atom is -0.496 e. The Morgan fingerprint density at radius 1 is 1.29 bits per heavy atom. The highest BCUT2D eigenvalue weighted by Crippen LogP contribution is 2.30. The van der Waals surface area contributed by atoms with E-state index in [-0.39, 0.29) is 18.4 Å². The summed E-state index contributed by atoms with van der Waals surface area (Å²) in [6, 6.07) is 4.75. The van der Waals surface area contributed by atoms with Crippen molar-refractivity contribution in [1.29, 1.82) is 0 Å². The molecule has 1 aromatic carbocycles. The number of methoxy groups -OCH3 is 1. The molecule has 2 nitrogen and oxygen atoms in total.